The number of benzene rings is 5. The molecule has 3 amide bonds. The third kappa shape index (κ3) is 19.4. The van der Waals surface area contributed by atoms with Crippen LogP contribution in [-0.2, 0) is 40.1 Å². The second kappa shape index (κ2) is 29.6. The van der Waals surface area contributed by atoms with Crippen LogP contribution in [0.2, 0.25) is 0 Å². The lowest BCUT2D eigenvalue weighted by Crippen LogP contribution is -2.63. The van der Waals surface area contributed by atoms with E-state index in [-0.39, 0.29) is 55.6 Å². The van der Waals surface area contributed by atoms with Crippen molar-refractivity contribution in [3.63, 3.8) is 0 Å². The topological polar surface area (TPSA) is 179 Å². The first-order valence-electron chi connectivity index (χ1n) is 29.2. The maximum atomic E-state index is 14.4. The van der Waals surface area contributed by atoms with E-state index in [9.17, 15) is 47.0 Å². The Hall–Kier alpha value is -6.74. The van der Waals surface area contributed by atoms with Crippen LogP contribution in [0.25, 0.3) is 0 Å². The third-order valence-corrected chi connectivity index (χ3v) is 15.4. The molecule has 460 valence electrons. The predicted molar refractivity (Wildman–Crippen MR) is 317 cm³/mol. The minimum absolute atomic E-state index is 0.0387. The number of likely N-dealkylation sites (tertiary alicyclic amines) is 1. The number of Topliss-reactive ketones (excluding diaryl/α,β-unsaturated/α-hetero) is 1. The number of ether oxygens (including phenoxy) is 3. The van der Waals surface area contributed by atoms with Crippen LogP contribution >= 0.6 is 0 Å². The summed E-state index contributed by atoms with van der Waals surface area (Å²) in [5.41, 5.74) is 9.01. The number of hydrogen-bond donors (Lipinski definition) is 3. The van der Waals surface area contributed by atoms with Gasteiger partial charge in [0.25, 0.3) is 5.91 Å². The second-order valence-electron chi connectivity index (χ2n) is 24.8. The molecule has 0 aliphatic carbocycles. The van der Waals surface area contributed by atoms with E-state index < -0.39 is 82.9 Å². The number of nitrogens with two attached hydrogens (primary N) is 1. The fraction of sp³-hybridized carbons (Fsp3) is 0.485. The molecule has 3 saturated heterocycles. The van der Waals surface area contributed by atoms with Gasteiger partial charge in [-0.3, -0.25) is 24.3 Å². The fourth-order valence-electron chi connectivity index (χ4n) is 11.5. The van der Waals surface area contributed by atoms with Gasteiger partial charge in [-0.25, -0.2) is 27.2 Å². The van der Waals surface area contributed by atoms with Crippen molar-refractivity contribution in [2.24, 2.45) is 11.7 Å². The summed E-state index contributed by atoms with van der Waals surface area (Å²) >= 11 is 0. The Balaban J connectivity index is 0.000000270. The highest BCUT2D eigenvalue weighted by Crippen LogP contribution is 2.30. The summed E-state index contributed by atoms with van der Waals surface area (Å²) in [6.07, 6.45) is -2.00. The van der Waals surface area contributed by atoms with Gasteiger partial charge in [-0.05, 0) is 150 Å². The molecule has 5 aromatic rings. The van der Waals surface area contributed by atoms with Crippen molar-refractivity contribution in [3.8, 4) is 0 Å². The molecule has 3 aliphatic rings. The number of halogens is 4. The Morgan fingerprint density at radius 1 is 0.588 bits per heavy atom. The Bertz CT molecular complexity index is 3000. The summed E-state index contributed by atoms with van der Waals surface area (Å²) in [6.45, 7) is 17.2. The van der Waals surface area contributed by atoms with Crippen molar-refractivity contribution in [3.05, 3.63) is 177 Å². The highest BCUT2D eigenvalue weighted by atomic mass is 19.1. The van der Waals surface area contributed by atoms with Gasteiger partial charge in [0.05, 0.1) is 36.9 Å². The minimum Gasteiger partial charge on any atom is -0.444 e. The first kappa shape index (κ1) is 65.8. The molecule has 4 N–H and O–H groups in total. The Labute approximate surface area is 497 Å². The number of carbonyl (C=O) groups is 4. The first-order valence-corrected chi connectivity index (χ1v) is 29.2. The fourth-order valence-corrected chi connectivity index (χ4v) is 11.5. The van der Waals surface area contributed by atoms with E-state index >= 15 is 0 Å². The average Bonchev–Trinajstić information content (AvgIpc) is 2.43. The van der Waals surface area contributed by atoms with Gasteiger partial charge >= 0.3 is 12.2 Å². The molecule has 7 atom stereocenters. The zero-order valence-corrected chi connectivity index (χ0v) is 50.2. The van der Waals surface area contributed by atoms with E-state index in [0.29, 0.717) is 69.1 Å². The monoisotopic (exact) mass is 1180 g/mol. The number of carbonyl (C=O) groups excluding carboxylic acids is 4. The van der Waals surface area contributed by atoms with Crippen LogP contribution in [0.1, 0.15) is 109 Å². The lowest BCUT2D eigenvalue weighted by atomic mass is 9.83. The van der Waals surface area contributed by atoms with Crippen molar-refractivity contribution in [1.82, 2.24) is 24.5 Å². The molecule has 0 aromatic heterocycles. The summed E-state index contributed by atoms with van der Waals surface area (Å²) in [6, 6.07) is 28.8. The van der Waals surface area contributed by atoms with Crippen molar-refractivity contribution >= 4 is 23.9 Å². The molecule has 0 radical (unpaired) electrons. The smallest absolute Gasteiger partial charge is 0.410 e. The molecule has 8 rings (SSSR count). The highest BCUT2D eigenvalue weighted by Gasteiger charge is 2.42. The predicted octanol–water partition coefficient (Wildman–Crippen LogP) is 9.76. The number of ketones is 1. The van der Waals surface area contributed by atoms with Crippen LogP contribution in [0.5, 0.6) is 0 Å². The van der Waals surface area contributed by atoms with Crippen molar-refractivity contribution < 1.29 is 61.2 Å². The molecule has 0 spiro atoms. The maximum absolute atomic E-state index is 14.4. The van der Waals surface area contributed by atoms with Crippen molar-refractivity contribution in [2.75, 3.05) is 59.5 Å². The Morgan fingerprint density at radius 3 is 1.52 bits per heavy atom. The van der Waals surface area contributed by atoms with E-state index in [1.54, 1.807) is 71.8 Å². The van der Waals surface area contributed by atoms with Crippen LogP contribution in [0.15, 0.2) is 115 Å². The maximum Gasteiger partial charge on any atom is 0.410 e. The van der Waals surface area contributed by atoms with E-state index in [4.69, 9.17) is 19.9 Å². The molecule has 0 saturated carbocycles. The van der Waals surface area contributed by atoms with Gasteiger partial charge in [-0.1, -0.05) is 60.7 Å². The lowest BCUT2D eigenvalue weighted by molar-refractivity contribution is -0.0483. The number of aliphatic hydroxyl groups is 2. The number of piperazine rings is 2. The number of methoxy groups -OCH3 is 1. The summed E-state index contributed by atoms with van der Waals surface area (Å²) in [4.78, 5) is 63.4. The zero-order valence-electron chi connectivity index (χ0n) is 50.2. The van der Waals surface area contributed by atoms with Crippen LogP contribution in [-0.4, -0.2) is 166 Å². The van der Waals surface area contributed by atoms with E-state index in [1.165, 1.54) is 34.1 Å². The summed E-state index contributed by atoms with van der Waals surface area (Å²) in [5, 5.41) is 23.4. The Kier molecular flexibility index (Phi) is 22.9. The second-order valence-corrected chi connectivity index (χ2v) is 24.8. The van der Waals surface area contributed by atoms with Gasteiger partial charge in [0.1, 0.15) is 34.5 Å². The Morgan fingerprint density at radius 2 is 1.05 bits per heavy atom. The average molecular weight is 1180 g/mol. The molecule has 19 heteroatoms. The summed E-state index contributed by atoms with van der Waals surface area (Å²) in [7, 11) is 1.61. The number of nitrogens with zero attached hydrogens (tertiary/aromatic N) is 5. The summed E-state index contributed by atoms with van der Waals surface area (Å²) in [5.74, 6) is -4.32. The van der Waals surface area contributed by atoms with Crippen molar-refractivity contribution in [2.45, 2.75) is 141 Å². The molecule has 3 heterocycles. The van der Waals surface area contributed by atoms with Gasteiger partial charge in [-0.2, -0.15) is 0 Å². The number of hydrogen-bond acceptors (Lipinski definition) is 12. The molecule has 1 unspecified atom stereocenters. The molecule has 3 fully saturated rings. The molecular formula is C66H84F4N6O9. The number of amides is 3. The zero-order chi connectivity index (χ0) is 61.8. The molecule has 3 aliphatic heterocycles. The molecule has 85 heavy (non-hydrogen) atoms. The van der Waals surface area contributed by atoms with Gasteiger partial charge in [0.2, 0.25) is 0 Å². The third-order valence-electron chi connectivity index (χ3n) is 15.4. The van der Waals surface area contributed by atoms with Crippen LogP contribution < -0.4 is 5.73 Å². The van der Waals surface area contributed by atoms with E-state index in [0.717, 1.165) is 41.7 Å². The van der Waals surface area contributed by atoms with Gasteiger partial charge in [-0.15, -0.1) is 0 Å². The largest absolute Gasteiger partial charge is 0.444 e. The van der Waals surface area contributed by atoms with Crippen molar-refractivity contribution in [1.29, 1.82) is 0 Å². The number of aliphatic hydroxyl groups excluding tert-OH is 2. The number of aryl methyl sites for hydroxylation is 1. The van der Waals surface area contributed by atoms with Crippen LogP contribution in [0, 0.1) is 36.1 Å². The van der Waals surface area contributed by atoms with E-state index in [2.05, 4.69) is 9.80 Å². The summed E-state index contributed by atoms with van der Waals surface area (Å²) < 4.78 is 72.7. The first-order chi connectivity index (χ1) is 40.2. The highest BCUT2D eigenvalue weighted by molar-refractivity contribution is 6.01. The van der Waals surface area contributed by atoms with Crippen LogP contribution in [0.3, 0.4) is 0 Å². The van der Waals surface area contributed by atoms with Gasteiger partial charge < -0.3 is 40.0 Å². The number of rotatable bonds is 18. The molecule has 15 nitrogen and oxygen atoms in total. The lowest BCUT2D eigenvalue weighted by Gasteiger charge is -2.45. The molecule has 5 aromatic carbocycles. The van der Waals surface area contributed by atoms with Crippen LogP contribution in [0.4, 0.5) is 27.2 Å². The quantitative estimate of drug-likeness (QED) is 0.0560. The standard InChI is InChI=1S/C41H51F2N3O6.C25H33F2N3O3/c1-27-16-30(21-32(17-27)39(49)45-13-9-12-35(45)26-51-5)37(47)22-31(18-29-19-33(42)23-34(43)20-29)38(48)36-25-44(24-28-10-7-6-8-11-28)14-15-46(36)40(50)52-41(2,3)4;1-25(2,3)33-24(32)30-10-9-29(15-17-7-5-4-6-8-17)16-22(30)23(31)21(28)13-18-11-19(26)14-20(27)12-18/h6-8,10-11,16-17,19-21,23,31,35-36,38,48H,9,12-15,18,22,24-26H2,1-5H3;4-8,11-12,14,21-23,31H,9-10,13,15-16,28H2,1-3H3/t31-,35-,36-,38+;21?,22-,23+/m11/s1. The minimum atomic E-state index is -1.29. The SMILES string of the molecule is CC(C)(C)OC(=O)N1CCN(Cc2ccccc2)C[C@@H]1[C@@H](O)C(N)Cc1cc(F)cc(F)c1.COC[C@H]1CCCN1C(=O)c1cc(C)cc(C(=O)C[C@@H](Cc2cc(F)cc(F)c2)[C@H](O)[C@H]2CN(Cc3ccccc3)CCN2C(=O)OC(C)(C)C)c1. The van der Waals surface area contributed by atoms with Gasteiger partial charge in [0, 0.05) is 102 Å². The normalized spacial score (nSPS) is 19.3. The molecular weight excluding hydrogens is 1100 g/mol. The van der Waals surface area contributed by atoms with Gasteiger partial charge in [0.15, 0.2) is 5.78 Å². The molecule has 0 bridgehead atoms. The van der Waals surface area contributed by atoms with E-state index in [1.807, 2.05) is 67.6 Å².